The van der Waals surface area contributed by atoms with Gasteiger partial charge in [-0.15, -0.1) is 0 Å². The van der Waals surface area contributed by atoms with Crippen molar-refractivity contribution in [3.63, 3.8) is 0 Å². The normalized spacial score (nSPS) is 11.4. The Kier molecular flexibility index (Phi) is 5.66. The van der Waals surface area contributed by atoms with Crippen molar-refractivity contribution in [1.29, 1.82) is 0 Å². The highest BCUT2D eigenvalue weighted by atomic mass is 16.5. The van der Waals surface area contributed by atoms with Gasteiger partial charge in [-0.2, -0.15) is 0 Å². The number of nitrogens with one attached hydrogen (secondary N) is 2. The Labute approximate surface area is 80.0 Å². The molecule has 0 saturated heterocycles. The van der Waals surface area contributed by atoms with Crippen molar-refractivity contribution >= 4 is 5.91 Å². The molecule has 13 heavy (non-hydrogen) atoms. The maximum atomic E-state index is 11.1. The minimum Gasteiger partial charge on any atom is -0.383 e. The largest absolute Gasteiger partial charge is 0.383 e. The summed E-state index contributed by atoms with van der Waals surface area (Å²) < 4.78 is 5.00. The minimum atomic E-state index is -0.153. The summed E-state index contributed by atoms with van der Waals surface area (Å²) in [6.07, 6.45) is 0. The van der Waals surface area contributed by atoms with Gasteiger partial charge in [-0.3, -0.25) is 4.79 Å². The highest BCUT2D eigenvalue weighted by Crippen LogP contribution is 2.00. The van der Waals surface area contributed by atoms with Crippen molar-refractivity contribution in [3.8, 4) is 0 Å². The molecule has 0 aliphatic rings. The van der Waals surface area contributed by atoms with Gasteiger partial charge in [0.15, 0.2) is 0 Å². The van der Waals surface area contributed by atoms with E-state index in [1.807, 2.05) is 20.8 Å². The molecule has 0 rings (SSSR count). The number of ether oxygens (including phenoxy) is 1. The van der Waals surface area contributed by atoms with E-state index in [4.69, 9.17) is 4.74 Å². The van der Waals surface area contributed by atoms with Crippen LogP contribution in [0.15, 0.2) is 0 Å². The van der Waals surface area contributed by atoms with Gasteiger partial charge in [-0.1, -0.05) is 0 Å². The van der Waals surface area contributed by atoms with E-state index < -0.39 is 0 Å². The third-order valence-electron chi connectivity index (χ3n) is 1.61. The van der Waals surface area contributed by atoms with E-state index in [9.17, 15) is 4.79 Å². The second kappa shape index (κ2) is 5.94. The molecule has 0 unspecified atom stereocenters. The molecular formula is C9H20N2O2. The van der Waals surface area contributed by atoms with Crippen LogP contribution in [0.25, 0.3) is 0 Å². The van der Waals surface area contributed by atoms with Gasteiger partial charge in [0.1, 0.15) is 0 Å². The van der Waals surface area contributed by atoms with Crippen molar-refractivity contribution in [3.05, 3.63) is 0 Å². The summed E-state index contributed by atoms with van der Waals surface area (Å²) >= 11 is 0. The van der Waals surface area contributed by atoms with Crippen molar-refractivity contribution in [2.24, 2.45) is 0 Å². The Bertz CT molecular complexity index is 158. The molecule has 0 bridgehead atoms. The Morgan fingerprint density at radius 2 is 2.08 bits per heavy atom. The molecule has 0 spiro atoms. The van der Waals surface area contributed by atoms with Gasteiger partial charge < -0.3 is 15.4 Å². The molecule has 1 amide bonds. The second-order valence-corrected chi connectivity index (χ2v) is 3.62. The van der Waals surface area contributed by atoms with Crippen LogP contribution in [0.5, 0.6) is 0 Å². The molecule has 0 aromatic carbocycles. The summed E-state index contributed by atoms with van der Waals surface area (Å²) in [6.45, 7) is 7.49. The monoisotopic (exact) mass is 188 g/mol. The fourth-order valence-electron chi connectivity index (χ4n) is 0.991. The first-order valence-electron chi connectivity index (χ1n) is 4.52. The van der Waals surface area contributed by atoms with E-state index in [1.54, 1.807) is 7.11 Å². The van der Waals surface area contributed by atoms with Crippen LogP contribution in [0.3, 0.4) is 0 Å². The molecule has 0 heterocycles. The fourth-order valence-corrected chi connectivity index (χ4v) is 0.991. The first-order valence-corrected chi connectivity index (χ1v) is 4.52. The van der Waals surface area contributed by atoms with E-state index in [2.05, 4.69) is 10.6 Å². The number of carbonyl (C=O) groups is 1. The maximum absolute atomic E-state index is 11.1. The average molecular weight is 188 g/mol. The minimum absolute atomic E-state index is 0.0201. The predicted octanol–water partition coefficient (Wildman–Crippen LogP) is 0.137. The van der Waals surface area contributed by atoms with E-state index >= 15 is 0 Å². The molecule has 0 aliphatic carbocycles. The maximum Gasteiger partial charge on any atom is 0.233 e. The highest BCUT2D eigenvalue weighted by Gasteiger charge is 2.17. The number of likely N-dealkylation sites (N-methyl/N-ethyl adjacent to an activating group) is 1. The first kappa shape index (κ1) is 12.4. The van der Waals surface area contributed by atoms with Crippen LogP contribution in [0.4, 0.5) is 0 Å². The summed E-state index contributed by atoms with van der Waals surface area (Å²) in [6, 6.07) is 0. The standard InChI is InChI=1S/C9H20N2O2/c1-5-10-8(12)6-11-9(2,3)7-13-4/h11H,5-7H2,1-4H3,(H,10,12). The molecule has 0 aliphatic heterocycles. The number of amides is 1. The van der Waals surface area contributed by atoms with Gasteiger partial charge in [0.2, 0.25) is 5.91 Å². The number of rotatable bonds is 6. The third kappa shape index (κ3) is 6.54. The zero-order valence-electron chi connectivity index (χ0n) is 8.94. The van der Waals surface area contributed by atoms with Crippen LogP contribution >= 0.6 is 0 Å². The summed E-state index contributed by atoms with van der Waals surface area (Å²) in [5.74, 6) is 0.0201. The van der Waals surface area contributed by atoms with Gasteiger partial charge >= 0.3 is 0 Å². The average Bonchev–Trinajstić information content (AvgIpc) is 2.02. The SMILES string of the molecule is CCNC(=O)CNC(C)(C)COC. The zero-order chi connectivity index (χ0) is 10.3. The number of carbonyl (C=O) groups excluding carboxylic acids is 1. The lowest BCUT2D eigenvalue weighted by atomic mass is 10.1. The van der Waals surface area contributed by atoms with Crippen LogP contribution < -0.4 is 10.6 Å². The molecule has 0 saturated carbocycles. The number of methoxy groups -OCH3 is 1. The Morgan fingerprint density at radius 3 is 2.54 bits per heavy atom. The Morgan fingerprint density at radius 1 is 1.46 bits per heavy atom. The number of hydrogen-bond donors (Lipinski definition) is 2. The van der Waals surface area contributed by atoms with Crippen LogP contribution in [0.2, 0.25) is 0 Å². The summed E-state index contributed by atoms with van der Waals surface area (Å²) in [4.78, 5) is 11.1. The molecule has 4 heteroatoms. The summed E-state index contributed by atoms with van der Waals surface area (Å²) in [7, 11) is 1.65. The van der Waals surface area contributed by atoms with E-state index in [1.165, 1.54) is 0 Å². The predicted molar refractivity (Wildman–Crippen MR) is 52.6 cm³/mol. The topological polar surface area (TPSA) is 50.4 Å². The van der Waals surface area contributed by atoms with Crippen LogP contribution in [-0.4, -0.2) is 38.3 Å². The van der Waals surface area contributed by atoms with Gasteiger partial charge in [-0.25, -0.2) is 0 Å². The molecule has 0 atom stereocenters. The van der Waals surface area contributed by atoms with Crippen molar-refractivity contribution < 1.29 is 9.53 Å². The van der Waals surface area contributed by atoms with Crippen molar-refractivity contribution in [1.82, 2.24) is 10.6 Å². The van der Waals surface area contributed by atoms with Crippen molar-refractivity contribution in [2.45, 2.75) is 26.3 Å². The fraction of sp³-hybridized carbons (Fsp3) is 0.889. The summed E-state index contributed by atoms with van der Waals surface area (Å²) in [5, 5.41) is 5.83. The Balaban J connectivity index is 3.67. The van der Waals surface area contributed by atoms with Gasteiger partial charge in [0, 0.05) is 19.2 Å². The summed E-state index contributed by atoms with van der Waals surface area (Å²) in [5.41, 5.74) is -0.153. The smallest absolute Gasteiger partial charge is 0.233 e. The molecule has 2 N–H and O–H groups in total. The molecular weight excluding hydrogens is 168 g/mol. The van der Waals surface area contributed by atoms with E-state index in [0.29, 0.717) is 19.7 Å². The van der Waals surface area contributed by atoms with E-state index in [-0.39, 0.29) is 11.4 Å². The lowest BCUT2D eigenvalue weighted by Crippen LogP contribution is -2.47. The molecule has 0 aromatic heterocycles. The Hall–Kier alpha value is -0.610. The van der Waals surface area contributed by atoms with Crippen LogP contribution in [0.1, 0.15) is 20.8 Å². The number of hydrogen-bond acceptors (Lipinski definition) is 3. The first-order chi connectivity index (χ1) is 6.02. The molecule has 0 fully saturated rings. The molecule has 0 radical (unpaired) electrons. The van der Waals surface area contributed by atoms with Crippen molar-refractivity contribution in [2.75, 3.05) is 26.8 Å². The quantitative estimate of drug-likeness (QED) is 0.623. The second-order valence-electron chi connectivity index (χ2n) is 3.62. The zero-order valence-corrected chi connectivity index (χ0v) is 8.94. The lowest BCUT2D eigenvalue weighted by Gasteiger charge is -2.24. The van der Waals surface area contributed by atoms with Gasteiger partial charge in [0.05, 0.1) is 13.2 Å². The van der Waals surface area contributed by atoms with Gasteiger partial charge in [0.25, 0.3) is 0 Å². The molecule has 0 aromatic rings. The van der Waals surface area contributed by atoms with Gasteiger partial charge in [-0.05, 0) is 20.8 Å². The van der Waals surface area contributed by atoms with E-state index in [0.717, 1.165) is 0 Å². The highest BCUT2D eigenvalue weighted by molar-refractivity contribution is 5.77. The van der Waals surface area contributed by atoms with Crippen LogP contribution in [0, 0.1) is 0 Å². The van der Waals surface area contributed by atoms with Crippen LogP contribution in [-0.2, 0) is 9.53 Å². The third-order valence-corrected chi connectivity index (χ3v) is 1.61. The lowest BCUT2D eigenvalue weighted by molar-refractivity contribution is -0.120. The molecule has 78 valence electrons. The molecule has 4 nitrogen and oxygen atoms in total.